The average Bonchev–Trinajstić information content (AvgIpc) is 3.24. The van der Waals surface area contributed by atoms with Gasteiger partial charge < -0.3 is 14.6 Å². The van der Waals surface area contributed by atoms with Gasteiger partial charge in [0, 0.05) is 37.3 Å². The van der Waals surface area contributed by atoms with E-state index < -0.39 is 0 Å². The minimum Gasteiger partial charge on any atom is -0.441 e. The van der Waals surface area contributed by atoms with E-state index in [0.717, 1.165) is 36.4 Å². The first-order chi connectivity index (χ1) is 12.6. The van der Waals surface area contributed by atoms with Crippen LogP contribution in [0.15, 0.2) is 40.8 Å². The van der Waals surface area contributed by atoms with Crippen LogP contribution in [0.3, 0.4) is 0 Å². The van der Waals surface area contributed by atoms with Crippen molar-refractivity contribution >= 4 is 22.8 Å². The molecule has 3 aromatic rings. The molecule has 3 heterocycles. The summed E-state index contributed by atoms with van der Waals surface area (Å²) in [5.41, 5.74) is 3.06. The topological polar surface area (TPSA) is 71.3 Å². The highest BCUT2D eigenvalue weighted by atomic mass is 16.3. The van der Waals surface area contributed by atoms with Crippen LogP contribution in [0.4, 0.5) is 5.82 Å². The predicted molar refractivity (Wildman–Crippen MR) is 100 cm³/mol. The van der Waals surface area contributed by atoms with Gasteiger partial charge in [0.25, 0.3) is 5.91 Å². The number of carbonyl (C=O) groups is 1. The van der Waals surface area contributed by atoms with E-state index in [4.69, 9.17) is 4.42 Å². The first kappa shape index (κ1) is 16.6. The van der Waals surface area contributed by atoms with E-state index in [1.165, 1.54) is 0 Å². The van der Waals surface area contributed by atoms with Crippen molar-refractivity contribution in [2.75, 3.05) is 18.4 Å². The summed E-state index contributed by atoms with van der Waals surface area (Å²) in [4.78, 5) is 23.7. The van der Waals surface area contributed by atoms with Crippen LogP contribution in [0.25, 0.3) is 11.1 Å². The Hall–Kier alpha value is -2.89. The van der Waals surface area contributed by atoms with Crippen molar-refractivity contribution < 1.29 is 9.21 Å². The molecule has 0 bridgehead atoms. The molecule has 26 heavy (non-hydrogen) atoms. The molecule has 4 rings (SSSR count). The maximum Gasteiger partial charge on any atom is 0.254 e. The number of aromatic nitrogens is 2. The molecule has 1 aromatic carbocycles. The number of nitrogens with zero attached hydrogens (tertiary/aromatic N) is 3. The Morgan fingerprint density at radius 1 is 1.27 bits per heavy atom. The van der Waals surface area contributed by atoms with Crippen LogP contribution in [0.2, 0.25) is 0 Å². The summed E-state index contributed by atoms with van der Waals surface area (Å²) in [6, 6.07) is 11.5. The lowest BCUT2D eigenvalue weighted by Gasteiger charge is -2.25. The number of aryl methyl sites for hydroxylation is 2. The molecule has 1 saturated heterocycles. The molecular formula is C20H22N4O2. The van der Waals surface area contributed by atoms with Crippen molar-refractivity contribution in [3.8, 4) is 0 Å². The maximum absolute atomic E-state index is 13.0. The van der Waals surface area contributed by atoms with Crippen molar-refractivity contribution in [3.05, 3.63) is 53.5 Å². The SMILES string of the molecule is Cc1cccc(NCC2CCCN2C(=O)c2ccc3nc(C)oc3c2)n1. The Labute approximate surface area is 152 Å². The number of likely N-dealkylation sites (tertiary alicyclic amines) is 1. The lowest BCUT2D eigenvalue weighted by molar-refractivity contribution is 0.0743. The number of hydrogen-bond acceptors (Lipinski definition) is 5. The molecule has 1 atom stereocenters. The fourth-order valence-corrected chi connectivity index (χ4v) is 3.52. The predicted octanol–water partition coefficient (Wildman–Crippen LogP) is 3.56. The fraction of sp³-hybridized carbons (Fsp3) is 0.350. The molecule has 1 aliphatic rings. The number of anilines is 1. The summed E-state index contributed by atoms with van der Waals surface area (Å²) in [5, 5.41) is 3.36. The van der Waals surface area contributed by atoms with Gasteiger partial charge in [-0.1, -0.05) is 6.07 Å². The lowest BCUT2D eigenvalue weighted by Crippen LogP contribution is -2.39. The van der Waals surface area contributed by atoms with Gasteiger partial charge in [-0.2, -0.15) is 0 Å². The minimum atomic E-state index is 0.0439. The highest BCUT2D eigenvalue weighted by Gasteiger charge is 2.29. The molecule has 0 aliphatic carbocycles. The third-order valence-electron chi connectivity index (χ3n) is 4.79. The number of benzene rings is 1. The smallest absolute Gasteiger partial charge is 0.254 e. The van der Waals surface area contributed by atoms with Crippen LogP contribution in [-0.2, 0) is 0 Å². The normalized spacial score (nSPS) is 17.0. The third kappa shape index (κ3) is 3.27. The largest absolute Gasteiger partial charge is 0.441 e. The molecule has 1 aliphatic heterocycles. The van der Waals surface area contributed by atoms with Gasteiger partial charge in [-0.05, 0) is 50.1 Å². The second kappa shape index (κ2) is 6.78. The third-order valence-corrected chi connectivity index (χ3v) is 4.79. The van der Waals surface area contributed by atoms with Gasteiger partial charge in [0.1, 0.15) is 11.3 Å². The van der Waals surface area contributed by atoms with Crippen molar-refractivity contribution in [2.24, 2.45) is 0 Å². The summed E-state index contributed by atoms with van der Waals surface area (Å²) < 4.78 is 5.56. The molecule has 6 heteroatoms. The van der Waals surface area contributed by atoms with Crippen LogP contribution in [0.5, 0.6) is 0 Å². The number of carbonyl (C=O) groups excluding carboxylic acids is 1. The number of amides is 1. The molecule has 1 unspecified atom stereocenters. The number of fused-ring (bicyclic) bond motifs is 1. The van der Waals surface area contributed by atoms with Crippen LogP contribution in [0, 0.1) is 13.8 Å². The number of oxazole rings is 1. The molecule has 134 valence electrons. The first-order valence-electron chi connectivity index (χ1n) is 8.96. The van der Waals surface area contributed by atoms with Gasteiger partial charge in [-0.3, -0.25) is 4.79 Å². The molecular weight excluding hydrogens is 328 g/mol. The second-order valence-corrected chi connectivity index (χ2v) is 6.76. The molecule has 1 fully saturated rings. The van der Waals surface area contributed by atoms with Crippen molar-refractivity contribution in [3.63, 3.8) is 0 Å². The monoisotopic (exact) mass is 350 g/mol. The van der Waals surface area contributed by atoms with E-state index in [0.29, 0.717) is 23.6 Å². The van der Waals surface area contributed by atoms with Crippen LogP contribution >= 0.6 is 0 Å². The zero-order valence-corrected chi connectivity index (χ0v) is 15.0. The highest BCUT2D eigenvalue weighted by molar-refractivity contribution is 5.97. The van der Waals surface area contributed by atoms with Gasteiger partial charge in [0.15, 0.2) is 11.5 Å². The second-order valence-electron chi connectivity index (χ2n) is 6.76. The van der Waals surface area contributed by atoms with Crippen LogP contribution in [0.1, 0.15) is 34.8 Å². The van der Waals surface area contributed by atoms with Crippen molar-refractivity contribution in [1.82, 2.24) is 14.9 Å². The summed E-state index contributed by atoms with van der Waals surface area (Å²) in [7, 11) is 0. The van der Waals surface area contributed by atoms with E-state index in [9.17, 15) is 4.79 Å². The van der Waals surface area contributed by atoms with Gasteiger partial charge >= 0.3 is 0 Å². The van der Waals surface area contributed by atoms with Gasteiger partial charge in [-0.25, -0.2) is 9.97 Å². The standard InChI is InChI=1S/C20H22N4O2/c1-13-5-3-7-19(22-13)21-12-16-6-4-10-24(16)20(25)15-8-9-17-18(11-15)26-14(2)23-17/h3,5,7-9,11,16H,4,6,10,12H2,1-2H3,(H,21,22). The lowest BCUT2D eigenvalue weighted by atomic mass is 10.1. The maximum atomic E-state index is 13.0. The Bertz CT molecular complexity index is 950. The van der Waals surface area contributed by atoms with Crippen molar-refractivity contribution in [1.29, 1.82) is 0 Å². The van der Waals surface area contributed by atoms with Gasteiger partial charge in [0.05, 0.1) is 0 Å². The number of nitrogens with one attached hydrogen (secondary N) is 1. The van der Waals surface area contributed by atoms with Gasteiger partial charge in [0.2, 0.25) is 0 Å². The average molecular weight is 350 g/mol. The molecule has 0 spiro atoms. The van der Waals surface area contributed by atoms with Crippen LogP contribution < -0.4 is 5.32 Å². The number of rotatable bonds is 4. The number of hydrogen-bond donors (Lipinski definition) is 1. The Balaban J connectivity index is 1.48. The summed E-state index contributed by atoms with van der Waals surface area (Å²) in [6.45, 7) is 5.26. The van der Waals surface area contributed by atoms with E-state index in [1.54, 1.807) is 6.07 Å². The first-order valence-corrected chi connectivity index (χ1v) is 8.96. The van der Waals surface area contributed by atoms with Crippen LogP contribution in [-0.4, -0.2) is 39.9 Å². The minimum absolute atomic E-state index is 0.0439. The Morgan fingerprint density at radius 3 is 3.00 bits per heavy atom. The van der Waals surface area contributed by atoms with Crippen molar-refractivity contribution in [2.45, 2.75) is 32.7 Å². The number of pyridine rings is 1. The Kier molecular flexibility index (Phi) is 4.32. The van der Waals surface area contributed by atoms with E-state index >= 15 is 0 Å². The van der Waals surface area contributed by atoms with Gasteiger partial charge in [-0.15, -0.1) is 0 Å². The Morgan fingerprint density at radius 2 is 2.15 bits per heavy atom. The zero-order valence-electron chi connectivity index (χ0n) is 15.0. The zero-order chi connectivity index (χ0) is 18.1. The molecule has 0 radical (unpaired) electrons. The van der Waals surface area contributed by atoms with E-state index in [-0.39, 0.29) is 11.9 Å². The quantitative estimate of drug-likeness (QED) is 0.779. The molecule has 2 aromatic heterocycles. The molecule has 0 saturated carbocycles. The molecule has 1 amide bonds. The summed E-state index contributed by atoms with van der Waals surface area (Å²) in [5.74, 6) is 1.50. The molecule has 1 N–H and O–H groups in total. The van der Waals surface area contributed by atoms with E-state index in [2.05, 4.69) is 15.3 Å². The molecule has 6 nitrogen and oxygen atoms in total. The fourth-order valence-electron chi connectivity index (χ4n) is 3.52. The summed E-state index contributed by atoms with van der Waals surface area (Å²) >= 11 is 0. The van der Waals surface area contributed by atoms with E-state index in [1.807, 2.05) is 49.1 Å². The highest BCUT2D eigenvalue weighted by Crippen LogP contribution is 2.23. The summed E-state index contributed by atoms with van der Waals surface area (Å²) in [6.07, 6.45) is 2.01.